The van der Waals surface area contributed by atoms with Crippen molar-refractivity contribution in [3.8, 4) is 27.9 Å². The third-order valence-electron chi connectivity index (χ3n) is 9.36. The Bertz CT molecular complexity index is 2620. The molecule has 0 bridgehead atoms. The van der Waals surface area contributed by atoms with E-state index in [2.05, 4.69) is 156 Å². The molecule has 0 unspecified atom stereocenters. The number of nitrogens with zero attached hydrogens (tertiary/aromatic N) is 1. The van der Waals surface area contributed by atoms with Gasteiger partial charge in [-0.3, -0.25) is 0 Å². The first-order valence-corrected chi connectivity index (χ1v) is 15.9. The van der Waals surface area contributed by atoms with E-state index in [0.717, 1.165) is 0 Å². The van der Waals surface area contributed by atoms with Gasteiger partial charge >= 0.3 is 0 Å². The average Bonchev–Trinajstić information content (AvgIpc) is 3.41. The summed E-state index contributed by atoms with van der Waals surface area (Å²) in [6.45, 7) is 0. The third kappa shape index (κ3) is 3.37. The van der Waals surface area contributed by atoms with Crippen LogP contribution in [0.4, 0.5) is 0 Å². The molecule has 204 valence electrons. The molecule has 0 spiro atoms. The molecule has 1 aromatic heterocycles. The molecule has 9 aromatic rings. The van der Waals surface area contributed by atoms with Gasteiger partial charge in [0.25, 0.3) is 0 Å². The van der Waals surface area contributed by atoms with Crippen LogP contribution in [-0.4, -0.2) is 4.57 Å². The first-order chi connectivity index (χ1) is 21.8. The van der Waals surface area contributed by atoms with Gasteiger partial charge in [-0.2, -0.15) is 0 Å². The van der Waals surface area contributed by atoms with Crippen LogP contribution in [0, 0.1) is 0 Å². The summed E-state index contributed by atoms with van der Waals surface area (Å²) in [4.78, 5) is 2.66. The lowest BCUT2D eigenvalue weighted by Crippen LogP contribution is -1.95. The maximum atomic E-state index is 2.44. The second-order valence-corrected chi connectivity index (χ2v) is 12.8. The van der Waals surface area contributed by atoms with Crippen LogP contribution in [0.1, 0.15) is 0 Å². The van der Waals surface area contributed by atoms with Crippen molar-refractivity contribution < 1.29 is 0 Å². The van der Waals surface area contributed by atoms with Crippen molar-refractivity contribution in [3.63, 3.8) is 0 Å². The fourth-order valence-electron chi connectivity index (χ4n) is 7.37. The lowest BCUT2D eigenvalue weighted by molar-refractivity contribution is 1.18. The molecule has 10 rings (SSSR count). The molecule has 0 radical (unpaired) electrons. The van der Waals surface area contributed by atoms with E-state index in [1.54, 1.807) is 0 Å². The molecule has 8 aromatic carbocycles. The van der Waals surface area contributed by atoms with E-state index in [0.29, 0.717) is 0 Å². The van der Waals surface area contributed by atoms with E-state index in [9.17, 15) is 0 Å². The Morgan fingerprint density at radius 3 is 2.00 bits per heavy atom. The minimum Gasteiger partial charge on any atom is -0.309 e. The largest absolute Gasteiger partial charge is 0.309 e. The van der Waals surface area contributed by atoms with Crippen LogP contribution in [0.3, 0.4) is 0 Å². The van der Waals surface area contributed by atoms with Gasteiger partial charge in [-0.15, -0.1) is 0 Å². The van der Waals surface area contributed by atoms with Crippen LogP contribution in [0.15, 0.2) is 161 Å². The topological polar surface area (TPSA) is 4.93 Å². The van der Waals surface area contributed by atoms with E-state index < -0.39 is 0 Å². The fourth-order valence-corrected chi connectivity index (χ4v) is 8.50. The molecule has 44 heavy (non-hydrogen) atoms. The van der Waals surface area contributed by atoms with Gasteiger partial charge in [0, 0.05) is 31.6 Å². The molecule has 2 heteroatoms. The second kappa shape index (κ2) is 9.09. The molecule has 0 amide bonds. The van der Waals surface area contributed by atoms with Crippen molar-refractivity contribution in [1.29, 1.82) is 0 Å². The van der Waals surface area contributed by atoms with Crippen molar-refractivity contribution in [2.24, 2.45) is 0 Å². The summed E-state index contributed by atoms with van der Waals surface area (Å²) in [6, 6.07) is 56.0. The highest BCUT2D eigenvalue weighted by molar-refractivity contribution is 7.99. The summed E-state index contributed by atoms with van der Waals surface area (Å²) in [6.07, 6.45) is 0. The number of aromatic nitrogens is 1. The van der Waals surface area contributed by atoms with Crippen LogP contribution in [0.25, 0.3) is 82.1 Å². The van der Waals surface area contributed by atoms with Crippen LogP contribution in [-0.2, 0) is 0 Å². The second-order valence-electron chi connectivity index (χ2n) is 11.7. The summed E-state index contributed by atoms with van der Waals surface area (Å²) in [5.41, 5.74) is 8.81. The van der Waals surface area contributed by atoms with Gasteiger partial charge in [-0.25, -0.2) is 0 Å². The van der Waals surface area contributed by atoms with Crippen molar-refractivity contribution in [2.75, 3.05) is 0 Å². The molecule has 0 saturated heterocycles. The monoisotopic (exact) mass is 575 g/mol. The molecule has 0 fully saturated rings. The van der Waals surface area contributed by atoms with Gasteiger partial charge in [-0.05, 0) is 91.6 Å². The van der Waals surface area contributed by atoms with Crippen molar-refractivity contribution in [2.45, 2.75) is 9.79 Å². The van der Waals surface area contributed by atoms with Crippen molar-refractivity contribution in [3.05, 3.63) is 152 Å². The lowest BCUT2D eigenvalue weighted by atomic mass is 9.92. The van der Waals surface area contributed by atoms with E-state index >= 15 is 0 Å². The van der Waals surface area contributed by atoms with Crippen LogP contribution in [0.5, 0.6) is 0 Å². The van der Waals surface area contributed by atoms with E-state index in [4.69, 9.17) is 0 Å². The molecule has 1 aliphatic rings. The van der Waals surface area contributed by atoms with Crippen molar-refractivity contribution in [1.82, 2.24) is 4.57 Å². The zero-order valence-electron chi connectivity index (χ0n) is 23.8. The van der Waals surface area contributed by atoms with Gasteiger partial charge in [0.2, 0.25) is 0 Å². The quantitative estimate of drug-likeness (QED) is 0.198. The molecular formula is C42H25NS. The van der Waals surface area contributed by atoms with Gasteiger partial charge in [0.1, 0.15) is 0 Å². The Balaban J connectivity index is 1.19. The number of hydrogen-bond acceptors (Lipinski definition) is 1. The summed E-state index contributed by atoms with van der Waals surface area (Å²) in [7, 11) is 0. The summed E-state index contributed by atoms with van der Waals surface area (Å²) < 4.78 is 2.44. The maximum absolute atomic E-state index is 2.44. The van der Waals surface area contributed by atoms with Gasteiger partial charge in [-0.1, -0.05) is 121 Å². The van der Waals surface area contributed by atoms with Gasteiger partial charge in [0.15, 0.2) is 0 Å². The van der Waals surface area contributed by atoms with E-state index in [-0.39, 0.29) is 0 Å². The standard InChI is InChI=1S/C42H25NS/c1-2-10-29-25-38-36(24-28(29)9-1)41-32-11-4-3-8-26(32)18-22-37(41)43(38)30-19-16-27(17-20-30)31-21-23-40-42-34(31)13-7-14-35(42)33-12-5-6-15-39(33)44-40/h1-25H. The molecule has 0 saturated carbocycles. The SMILES string of the molecule is c1ccc2c(c1)Sc1ccc(-c3ccc(-n4c5cc6ccccc6cc5c5c6ccccc6ccc54)cc3)c3cccc-2c13. The lowest BCUT2D eigenvalue weighted by Gasteiger charge is -2.21. The highest BCUT2D eigenvalue weighted by Gasteiger charge is 2.21. The Morgan fingerprint density at radius 2 is 1.11 bits per heavy atom. The minimum atomic E-state index is 1.17. The molecule has 1 nitrogen and oxygen atoms in total. The number of hydrogen-bond donors (Lipinski definition) is 0. The van der Waals surface area contributed by atoms with Gasteiger partial charge in [0.05, 0.1) is 11.0 Å². The van der Waals surface area contributed by atoms with Crippen LogP contribution >= 0.6 is 11.8 Å². The smallest absolute Gasteiger partial charge is 0.0547 e. The highest BCUT2D eigenvalue weighted by Crippen LogP contribution is 2.49. The molecule has 0 aliphatic carbocycles. The first kappa shape index (κ1) is 24.2. The molecule has 1 aliphatic heterocycles. The zero-order valence-corrected chi connectivity index (χ0v) is 24.6. The Morgan fingerprint density at radius 1 is 0.386 bits per heavy atom. The van der Waals surface area contributed by atoms with Gasteiger partial charge < -0.3 is 4.57 Å². The predicted molar refractivity (Wildman–Crippen MR) is 188 cm³/mol. The molecule has 0 N–H and O–H groups in total. The maximum Gasteiger partial charge on any atom is 0.0547 e. The third-order valence-corrected chi connectivity index (χ3v) is 10.5. The fraction of sp³-hybridized carbons (Fsp3) is 0. The average molecular weight is 576 g/mol. The highest BCUT2D eigenvalue weighted by atomic mass is 32.2. The number of rotatable bonds is 2. The summed E-state index contributed by atoms with van der Waals surface area (Å²) >= 11 is 1.88. The van der Waals surface area contributed by atoms with E-state index in [1.807, 2.05) is 11.8 Å². The Hall–Kier alpha value is -5.31. The predicted octanol–water partition coefficient (Wildman–Crippen LogP) is 12.0. The zero-order chi connectivity index (χ0) is 28.8. The molecular weight excluding hydrogens is 551 g/mol. The number of benzene rings is 8. The Labute approximate surface area is 259 Å². The summed E-state index contributed by atoms with van der Waals surface area (Å²) in [5, 5.41) is 10.4. The molecule has 2 heterocycles. The number of fused-ring (bicyclic) bond motifs is 8. The summed E-state index contributed by atoms with van der Waals surface area (Å²) in [5.74, 6) is 0. The normalized spacial score (nSPS) is 12.5. The Kier molecular flexibility index (Phi) is 5.00. The van der Waals surface area contributed by atoms with Crippen molar-refractivity contribution >= 4 is 65.9 Å². The van der Waals surface area contributed by atoms with E-state index in [1.165, 1.54) is 91.9 Å². The first-order valence-electron chi connectivity index (χ1n) is 15.1. The minimum absolute atomic E-state index is 1.17. The molecule has 0 atom stereocenters. The van der Waals surface area contributed by atoms with Crippen LogP contribution in [0.2, 0.25) is 0 Å². The van der Waals surface area contributed by atoms with Crippen LogP contribution < -0.4 is 0 Å².